The molecule has 2 fully saturated rings. The Morgan fingerprint density at radius 3 is 0.957 bits per heavy atom. The van der Waals surface area contributed by atoms with Crippen molar-refractivity contribution in [1.29, 1.82) is 0 Å². The zero-order chi connectivity index (χ0) is 35.5. The van der Waals surface area contributed by atoms with E-state index in [0.29, 0.717) is 0 Å². The smallest absolute Gasteiger partial charge is 0.186 e. The standard InChI is InChI=1S/2C12H24O11/c2*13-1-4(15)7(17)8(18)5(16)3-22-12-11(21)10(20)9(19)6(2-14)23-12/h2*4-21H,1-3H2/t4-,5+,6+,7-,8-,9+,10-,11+,12-;4-,5-,6-,7-,8-,9-,10+,11-,12+/m01/s1. The average molecular weight is 689 g/mol. The van der Waals surface area contributed by atoms with Crippen LogP contribution in [0.5, 0.6) is 0 Å². The van der Waals surface area contributed by atoms with Crippen LogP contribution in [0.3, 0.4) is 0 Å². The molecule has 46 heavy (non-hydrogen) atoms. The maximum absolute atomic E-state index is 9.70. The third kappa shape index (κ3) is 11.6. The molecule has 22 nitrogen and oxygen atoms in total. The first kappa shape index (κ1) is 43.1. The zero-order valence-corrected chi connectivity index (χ0v) is 24.3. The van der Waals surface area contributed by atoms with E-state index in [9.17, 15) is 71.5 Å². The Balaban J connectivity index is 0.000000460. The molecule has 0 bridgehead atoms. The molecule has 0 aromatic rings. The van der Waals surface area contributed by atoms with Crippen LogP contribution < -0.4 is 0 Å². The number of ether oxygens (including phenoxy) is 4. The highest BCUT2D eigenvalue weighted by Crippen LogP contribution is 2.23. The van der Waals surface area contributed by atoms with Gasteiger partial charge >= 0.3 is 0 Å². The van der Waals surface area contributed by atoms with Crippen molar-refractivity contribution in [2.45, 2.75) is 110 Å². The highest BCUT2D eigenvalue weighted by atomic mass is 16.7. The highest BCUT2D eigenvalue weighted by Gasteiger charge is 2.46. The van der Waals surface area contributed by atoms with Crippen molar-refractivity contribution in [3.63, 3.8) is 0 Å². The molecule has 0 aliphatic carbocycles. The molecule has 0 saturated carbocycles. The fraction of sp³-hybridized carbons (Fsp3) is 1.00. The van der Waals surface area contributed by atoms with Crippen molar-refractivity contribution >= 4 is 0 Å². The lowest BCUT2D eigenvalue weighted by atomic mass is 9.99. The molecule has 2 aliphatic rings. The summed E-state index contributed by atoms with van der Waals surface area (Å²) < 4.78 is 20.0. The summed E-state index contributed by atoms with van der Waals surface area (Å²) in [5.74, 6) is 0. The molecule has 18 N–H and O–H groups in total. The average Bonchev–Trinajstić information content (AvgIpc) is 3.06. The minimum absolute atomic E-state index is 0.655. The van der Waals surface area contributed by atoms with Crippen LogP contribution in [0.2, 0.25) is 0 Å². The molecule has 2 heterocycles. The monoisotopic (exact) mass is 688 g/mol. The third-order valence-electron chi connectivity index (χ3n) is 7.21. The Bertz CT molecular complexity index is 746. The molecular weight excluding hydrogens is 640 g/mol. The van der Waals surface area contributed by atoms with E-state index in [0.717, 1.165) is 0 Å². The molecule has 22 heteroatoms. The maximum Gasteiger partial charge on any atom is 0.186 e. The van der Waals surface area contributed by atoms with E-state index >= 15 is 0 Å². The van der Waals surface area contributed by atoms with E-state index in [2.05, 4.69) is 0 Å². The van der Waals surface area contributed by atoms with E-state index in [4.69, 9.17) is 39.4 Å². The second-order valence-corrected chi connectivity index (χ2v) is 10.7. The van der Waals surface area contributed by atoms with Crippen LogP contribution in [0.15, 0.2) is 0 Å². The van der Waals surface area contributed by atoms with Gasteiger partial charge in [-0.2, -0.15) is 0 Å². The van der Waals surface area contributed by atoms with Gasteiger partial charge in [0, 0.05) is 0 Å². The lowest BCUT2D eigenvalue weighted by molar-refractivity contribution is -0.306. The topological polar surface area (TPSA) is 401 Å². The van der Waals surface area contributed by atoms with Crippen LogP contribution in [0.25, 0.3) is 0 Å². The summed E-state index contributed by atoms with van der Waals surface area (Å²) in [5, 5.41) is 169. The molecule has 2 saturated heterocycles. The predicted molar refractivity (Wildman–Crippen MR) is 142 cm³/mol. The zero-order valence-electron chi connectivity index (χ0n) is 24.3. The van der Waals surface area contributed by atoms with Gasteiger partial charge in [0.2, 0.25) is 0 Å². The van der Waals surface area contributed by atoms with Gasteiger partial charge in [-0.25, -0.2) is 0 Å². The molecular formula is C24H48O22. The van der Waals surface area contributed by atoms with Crippen molar-refractivity contribution in [3.05, 3.63) is 0 Å². The fourth-order valence-electron chi connectivity index (χ4n) is 4.12. The summed E-state index contributed by atoms with van der Waals surface area (Å²) in [4.78, 5) is 0. The fourth-order valence-corrected chi connectivity index (χ4v) is 4.12. The Labute approximate surface area is 261 Å². The van der Waals surface area contributed by atoms with E-state index in [1.54, 1.807) is 0 Å². The molecule has 0 unspecified atom stereocenters. The summed E-state index contributed by atoms with van der Waals surface area (Å²) in [6.45, 7) is -4.32. The van der Waals surface area contributed by atoms with Gasteiger partial charge in [-0.3, -0.25) is 0 Å². The molecule has 276 valence electrons. The van der Waals surface area contributed by atoms with E-state index in [1.165, 1.54) is 0 Å². The summed E-state index contributed by atoms with van der Waals surface area (Å²) in [5.41, 5.74) is 0. The van der Waals surface area contributed by atoms with Crippen LogP contribution >= 0.6 is 0 Å². The predicted octanol–water partition coefficient (Wildman–Crippen LogP) is -11.5. The number of rotatable bonds is 16. The summed E-state index contributed by atoms with van der Waals surface area (Å²) in [6, 6.07) is 0. The van der Waals surface area contributed by atoms with Gasteiger partial charge in [0.25, 0.3) is 0 Å². The van der Waals surface area contributed by atoms with Crippen molar-refractivity contribution in [3.8, 4) is 0 Å². The quantitative estimate of drug-likeness (QED) is 0.0715. The van der Waals surface area contributed by atoms with E-state index < -0.39 is 150 Å². The van der Waals surface area contributed by atoms with Gasteiger partial charge in [-0.15, -0.1) is 0 Å². The lowest BCUT2D eigenvalue weighted by Gasteiger charge is -2.40. The van der Waals surface area contributed by atoms with Crippen LogP contribution in [0, 0.1) is 0 Å². The first-order valence-corrected chi connectivity index (χ1v) is 14.0. The number of hydrogen-bond donors (Lipinski definition) is 18. The second-order valence-electron chi connectivity index (χ2n) is 10.7. The molecule has 0 spiro atoms. The summed E-state index contributed by atoms with van der Waals surface area (Å²) >= 11 is 0. The molecule has 0 aromatic heterocycles. The molecule has 2 aliphatic heterocycles. The third-order valence-corrected chi connectivity index (χ3v) is 7.21. The molecule has 0 aromatic carbocycles. The molecule has 0 radical (unpaired) electrons. The van der Waals surface area contributed by atoms with Gasteiger partial charge in [0.05, 0.1) is 39.6 Å². The highest BCUT2D eigenvalue weighted by molar-refractivity contribution is 4.90. The van der Waals surface area contributed by atoms with Gasteiger partial charge in [0.15, 0.2) is 12.6 Å². The van der Waals surface area contributed by atoms with Crippen molar-refractivity contribution in [2.75, 3.05) is 39.6 Å². The second kappa shape index (κ2) is 20.6. The summed E-state index contributed by atoms with van der Waals surface area (Å²) in [6.07, 6.45) is -29.4. The number of hydrogen-bond acceptors (Lipinski definition) is 22. The molecule has 2 rings (SSSR count). The van der Waals surface area contributed by atoms with Crippen LogP contribution in [-0.2, 0) is 18.9 Å². The van der Waals surface area contributed by atoms with Crippen molar-refractivity contribution in [1.82, 2.24) is 0 Å². The number of aliphatic hydroxyl groups excluding tert-OH is 18. The van der Waals surface area contributed by atoms with Crippen LogP contribution in [-0.4, -0.2) is 242 Å². The SMILES string of the molecule is OC[C@@H](O)[C@@H](O)[C@H](O)[C@H](O)CO[C@H]1O[C@H](CO)[C@@H](O)[C@H](O)[C@H]1O.OC[C@H](O)[C@H](O)[C@@H](O)[C@H](O)CO[C@H]1O[C@H](CO)[C@@H](O)[C@H](O)[C@H]1O. The molecule has 0 amide bonds. The summed E-state index contributed by atoms with van der Waals surface area (Å²) in [7, 11) is 0. The van der Waals surface area contributed by atoms with E-state index in [1.807, 2.05) is 0 Å². The lowest BCUT2D eigenvalue weighted by Crippen LogP contribution is -2.59. The van der Waals surface area contributed by atoms with E-state index in [-0.39, 0.29) is 0 Å². The minimum atomic E-state index is -1.86. The Hall–Kier alpha value is -0.880. The Kier molecular flexibility index (Phi) is 19.3. The maximum atomic E-state index is 9.70. The van der Waals surface area contributed by atoms with Gasteiger partial charge in [-0.1, -0.05) is 0 Å². The van der Waals surface area contributed by atoms with Crippen molar-refractivity contribution < 1.29 is 111 Å². The minimum Gasteiger partial charge on any atom is -0.394 e. The first-order valence-electron chi connectivity index (χ1n) is 14.0. The number of aliphatic hydroxyl groups is 18. The van der Waals surface area contributed by atoms with Crippen molar-refractivity contribution in [2.24, 2.45) is 0 Å². The Morgan fingerprint density at radius 2 is 0.696 bits per heavy atom. The normalized spacial score (nSPS) is 37.2. The first-order chi connectivity index (χ1) is 21.5. The van der Waals surface area contributed by atoms with Crippen LogP contribution in [0.1, 0.15) is 0 Å². The largest absolute Gasteiger partial charge is 0.394 e. The van der Waals surface area contributed by atoms with Gasteiger partial charge in [0.1, 0.15) is 97.7 Å². The van der Waals surface area contributed by atoms with Crippen LogP contribution in [0.4, 0.5) is 0 Å². The molecule has 18 atom stereocenters. The van der Waals surface area contributed by atoms with Gasteiger partial charge in [-0.05, 0) is 0 Å². The Morgan fingerprint density at radius 1 is 0.413 bits per heavy atom. The van der Waals surface area contributed by atoms with Gasteiger partial charge < -0.3 is 111 Å².